The van der Waals surface area contributed by atoms with Gasteiger partial charge in [-0.05, 0) is 37.9 Å². The molecule has 4 nitrogen and oxygen atoms in total. The summed E-state index contributed by atoms with van der Waals surface area (Å²) in [7, 11) is 1.44. The van der Waals surface area contributed by atoms with Crippen LogP contribution < -0.4 is 10.2 Å². The fourth-order valence-electron chi connectivity index (χ4n) is 2.62. The van der Waals surface area contributed by atoms with Crippen molar-refractivity contribution in [3.63, 3.8) is 0 Å². The van der Waals surface area contributed by atoms with Gasteiger partial charge in [0, 0.05) is 31.2 Å². The molecule has 1 aliphatic rings. The molecule has 1 aromatic rings. The van der Waals surface area contributed by atoms with Gasteiger partial charge in [-0.2, -0.15) is 0 Å². The molecular formula is C16H24N2O2. The van der Waals surface area contributed by atoms with Crippen molar-refractivity contribution in [1.82, 2.24) is 5.32 Å². The third-order valence-corrected chi connectivity index (χ3v) is 3.83. The second kappa shape index (κ2) is 7.90. The Bertz CT molecular complexity index is 400. The van der Waals surface area contributed by atoms with Gasteiger partial charge in [0.05, 0.1) is 7.11 Å². The molecule has 0 atom stereocenters. The molecule has 0 bridgehead atoms. The van der Waals surface area contributed by atoms with Crippen LogP contribution >= 0.6 is 0 Å². The highest BCUT2D eigenvalue weighted by molar-refractivity contribution is 5.69. The minimum absolute atomic E-state index is 0.120. The molecule has 1 N–H and O–H groups in total. The standard InChI is InChI=1S/C16H24N2O2/c1-20-16(19)8-5-11-17-14-9-12-18(13-10-14)15-6-3-2-4-7-15/h2-4,6-7,14,17H,5,8-13H2,1H3. The van der Waals surface area contributed by atoms with Crippen molar-refractivity contribution in [2.24, 2.45) is 0 Å². The maximum absolute atomic E-state index is 11.0. The van der Waals surface area contributed by atoms with E-state index in [0.29, 0.717) is 12.5 Å². The second-order valence-electron chi connectivity index (χ2n) is 5.23. The Morgan fingerprint density at radius 1 is 1.30 bits per heavy atom. The molecule has 1 aliphatic heterocycles. The minimum atomic E-state index is -0.120. The molecule has 110 valence electrons. The minimum Gasteiger partial charge on any atom is -0.469 e. The van der Waals surface area contributed by atoms with E-state index in [1.165, 1.54) is 12.8 Å². The van der Waals surface area contributed by atoms with Gasteiger partial charge in [0.1, 0.15) is 0 Å². The fourth-order valence-corrected chi connectivity index (χ4v) is 2.62. The average molecular weight is 276 g/mol. The van der Waals surface area contributed by atoms with Crippen molar-refractivity contribution >= 4 is 11.7 Å². The van der Waals surface area contributed by atoms with Crippen LogP contribution in [0, 0.1) is 0 Å². The first kappa shape index (κ1) is 14.9. The van der Waals surface area contributed by atoms with E-state index in [4.69, 9.17) is 0 Å². The highest BCUT2D eigenvalue weighted by Gasteiger charge is 2.18. The fraction of sp³-hybridized carbons (Fsp3) is 0.562. The molecule has 4 heteroatoms. The predicted octanol–water partition coefficient (Wildman–Crippen LogP) is 2.20. The Hall–Kier alpha value is -1.55. The molecule has 1 fully saturated rings. The van der Waals surface area contributed by atoms with Gasteiger partial charge in [0.25, 0.3) is 0 Å². The van der Waals surface area contributed by atoms with Gasteiger partial charge >= 0.3 is 5.97 Å². The van der Waals surface area contributed by atoms with Crippen LogP contribution in [0.2, 0.25) is 0 Å². The number of piperidine rings is 1. The number of carbonyl (C=O) groups excluding carboxylic acids is 1. The van der Waals surface area contributed by atoms with Crippen LogP contribution in [0.4, 0.5) is 5.69 Å². The average Bonchev–Trinajstić information content (AvgIpc) is 2.52. The number of hydrogen-bond acceptors (Lipinski definition) is 4. The zero-order chi connectivity index (χ0) is 14.2. The maximum Gasteiger partial charge on any atom is 0.305 e. The van der Waals surface area contributed by atoms with E-state index < -0.39 is 0 Å². The Morgan fingerprint density at radius 2 is 2.00 bits per heavy atom. The number of nitrogens with zero attached hydrogens (tertiary/aromatic N) is 1. The zero-order valence-electron chi connectivity index (χ0n) is 12.2. The van der Waals surface area contributed by atoms with Crippen molar-refractivity contribution in [1.29, 1.82) is 0 Å². The summed E-state index contributed by atoms with van der Waals surface area (Å²) in [4.78, 5) is 13.4. The largest absolute Gasteiger partial charge is 0.469 e. The SMILES string of the molecule is COC(=O)CCCNC1CCN(c2ccccc2)CC1. The Labute approximate surface area is 121 Å². The number of anilines is 1. The smallest absolute Gasteiger partial charge is 0.305 e. The van der Waals surface area contributed by atoms with E-state index in [1.807, 2.05) is 0 Å². The van der Waals surface area contributed by atoms with Crippen molar-refractivity contribution in [3.8, 4) is 0 Å². The molecule has 0 radical (unpaired) electrons. The number of carbonyl (C=O) groups is 1. The van der Waals surface area contributed by atoms with Gasteiger partial charge in [0.2, 0.25) is 0 Å². The molecule has 20 heavy (non-hydrogen) atoms. The Morgan fingerprint density at radius 3 is 2.65 bits per heavy atom. The number of hydrogen-bond donors (Lipinski definition) is 1. The van der Waals surface area contributed by atoms with Crippen molar-refractivity contribution < 1.29 is 9.53 Å². The molecule has 2 rings (SSSR count). The van der Waals surface area contributed by atoms with Gasteiger partial charge in [0.15, 0.2) is 0 Å². The zero-order valence-corrected chi connectivity index (χ0v) is 12.2. The van der Waals surface area contributed by atoms with Gasteiger partial charge in [-0.15, -0.1) is 0 Å². The molecule has 1 aromatic carbocycles. The van der Waals surface area contributed by atoms with Crippen LogP contribution in [-0.2, 0) is 9.53 Å². The summed E-state index contributed by atoms with van der Waals surface area (Å²) in [5.74, 6) is -0.120. The number of rotatable bonds is 6. The van der Waals surface area contributed by atoms with Crippen LogP contribution in [-0.4, -0.2) is 38.8 Å². The lowest BCUT2D eigenvalue weighted by Crippen LogP contribution is -2.42. The summed E-state index contributed by atoms with van der Waals surface area (Å²) in [6.07, 6.45) is 3.68. The van der Waals surface area contributed by atoms with Crippen molar-refractivity contribution in [2.75, 3.05) is 31.6 Å². The number of nitrogens with one attached hydrogen (secondary N) is 1. The van der Waals surface area contributed by atoms with Crippen LogP contribution in [0.5, 0.6) is 0 Å². The lowest BCUT2D eigenvalue weighted by molar-refractivity contribution is -0.140. The highest BCUT2D eigenvalue weighted by atomic mass is 16.5. The molecule has 0 unspecified atom stereocenters. The van der Waals surface area contributed by atoms with Crippen LogP contribution in [0.1, 0.15) is 25.7 Å². The predicted molar refractivity (Wildman–Crippen MR) is 80.9 cm³/mol. The van der Waals surface area contributed by atoms with Crippen LogP contribution in [0.25, 0.3) is 0 Å². The summed E-state index contributed by atoms with van der Waals surface area (Å²) in [5, 5.41) is 3.54. The van der Waals surface area contributed by atoms with Gasteiger partial charge in [-0.3, -0.25) is 4.79 Å². The second-order valence-corrected chi connectivity index (χ2v) is 5.23. The number of esters is 1. The number of benzene rings is 1. The molecule has 0 aromatic heterocycles. The van der Waals surface area contributed by atoms with Gasteiger partial charge in [-0.1, -0.05) is 18.2 Å². The molecule has 0 spiro atoms. The molecule has 0 aliphatic carbocycles. The lowest BCUT2D eigenvalue weighted by atomic mass is 10.0. The van der Waals surface area contributed by atoms with E-state index in [9.17, 15) is 4.79 Å². The van der Waals surface area contributed by atoms with Crippen molar-refractivity contribution in [2.45, 2.75) is 31.7 Å². The topological polar surface area (TPSA) is 41.6 Å². The van der Waals surface area contributed by atoms with E-state index in [0.717, 1.165) is 38.9 Å². The van der Waals surface area contributed by atoms with Crippen molar-refractivity contribution in [3.05, 3.63) is 30.3 Å². The van der Waals surface area contributed by atoms with E-state index in [-0.39, 0.29) is 5.97 Å². The Balaban J connectivity index is 1.63. The third kappa shape index (κ3) is 4.53. The number of methoxy groups -OCH3 is 1. The van der Waals surface area contributed by atoms with Gasteiger partial charge < -0.3 is 15.0 Å². The molecule has 1 saturated heterocycles. The Kier molecular flexibility index (Phi) is 5.87. The first-order valence-corrected chi connectivity index (χ1v) is 7.40. The third-order valence-electron chi connectivity index (χ3n) is 3.83. The first-order valence-electron chi connectivity index (χ1n) is 7.40. The maximum atomic E-state index is 11.0. The molecule has 1 heterocycles. The van der Waals surface area contributed by atoms with Crippen LogP contribution in [0.3, 0.4) is 0 Å². The lowest BCUT2D eigenvalue weighted by Gasteiger charge is -2.34. The summed E-state index contributed by atoms with van der Waals surface area (Å²) >= 11 is 0. The van der Waals surface area contributed by atoms with E-state index >= 15 is 0 Å². The highest BCUT2D eigenvalue weighted by Crippen LogP contribution is 2.19. The molecule has 0 saturated carbocycles. The van der Waals surface area contributed by atoms with Crippen LogP contribution in [0.15, 0.2) is 30.3 Å². The van der Waals surface area contributed by atoms with E-state index in [1.54, 1.807) is 0 Å². The summed E-state index contributed by atoms with van der Waals surface area (Å²) in [5.41, 5.74) is 1.32. The summed E-state index contributed by atoms with van der Waals surface area (Å²) in [6, 6.07) is 11.2. The summed E-state index contributed by atoms with van der Waals surface area (Å²) < 4.78 is 4.63. The normalized spacial score (nSPS) is 16.1. The number of para-hydroxylation sites is 1. The monoisotopic (exact) mass is 276 g/mol. The van der Waals surface area contributed by atoms with Gasteiger partial charge in [-0.25, -0.2) is 0 Å². The first-order chi connectivity index (χ1) is 9.79. The molecular weight excluding hydrogens is 252 g/mol. The van der Waals surface area contributed by atoms with E-state index in [2.05, 4.69) is 45.3 Å². The number of ether oxygens (including phenoxy) is 1. The quantitative estimate of drug-likeness (QED) is 0.639. The summed E-state index contributed by atoms with van der Waals surface area (Å²) in [6.45, 7) is 3.09. The molecule has 0 amide bonds.